The summed E-state index contributed by atoms with van der Waals surface area (Å²) in [5, 5.41) is 15.2. The van der Waals surface area contributed by atoms with Gasteiger partial charge in [0.1, 0.15) is 0 Å². The van der Waals surface area contributed by atoms with Gasteiger partial charge in [-0.05, 0) is 38.8 Å². The van der Waals surface area contributed by atoms with Crippen LogP contribution >= 0.6 is 23.1 Å². The van der Waals surface area contributed by atoms with E-state index < -0.39 is 0 Å². The van der Waals surface area contributed by atoms with Crippen molar-refractivity contribution in [3.63, 3.8) is 0 Å². The van der Waals surface area contributed by atoms with Crippen LogP contribution in [-0.4, -0.2) is 33.2 Å². The predicted molar refractivity (Wildman–Crippen MR) is 111 cm³/mol. The maximum atomic E-state index is 12.4. The highest BCUT2D eigenvalue weighted by Crippen LogP contribution is 2.31. The normalized spacial score (nSPS) is 15.9. The third-order valence-corrected chi connectivity index (χ3v) is 6.56. The molecular formula is C19H24N4O2S2. The van der Waals surface area contributed by atoms with Crippen LogP contribution in [0.2, 0.25) is 0 Å². The highest BCUT2D eigenvalue weighted by atomic mass is 32.2. The van der Waals surface area contributed by atoms with Crippen LogP contribution in [0.3, 0.4) is 0 Å². The Bertz CT molecular complexity index is 803. The van der Waals surface area contributed by atoms with Gasteiger partial charge in [0.2, 0.25) is 11.0 Å². The number of amides is 1. The SMILES string of the molecule is CC(=O)c1cccc(NC(=O)C(C)Sc2nnc(NC3CCCCC3)s2)c1. The summed E-state index contributed by atoms with van der Waals surface area (Å²) in [6, 6.07) is 7.45. The molecule has 144 valence electrons. The molecule has 1 amide bonds. The number of nitrogens with zero attached hydrogens (tertiary/aromatic N) is 2. The zero-order valence-electron chi connectivity index (χ0n) is 15.5. The van der Waals surface area contributed by atoms with Crippen molar-refractivity contribution < 1.29 is 9.59 Å². The van der Waals surface area contributed by atoms with Crippen LogP contribution in [0.1, 0.15) is 56.3 Å². The lowest BCUT2D eigenvalue weighted by Crippen LogP contribution is -2.22. The smallest absolute Gasteiger partial charge is 0.237 e. The number of Topliss-reactive ketones (excluding diaryl/α,β-unsaturated/α-hetero) is 1. The number of hydrogen-bond donors (Lipinski definition) is 2. The van der Waals surface area contributed by atoms with Crippen molar-refractivity contribution in [3.05, 3.63) is 29.8 Å². The van der Waals surface area contributed by atoms with Crippen LogP contribution in [0, 0.1) is 0 Å². The van der Waals surface area contributed by atoms with Gasteiger partial charge in [-0.25, -0.2) is 0 Å². The number of ketones is 1. The summed E-state index contributed by atoms with van der Waals surface area (Å²) < 4.78 is 0.772. The highest BCUT2D eigenvalue weighted by Gasteiger charge is 2.19. The average Bonchev–Trinajstić information content (AvgIpc) is 3.09. The van der Waals surface area contributed by atoms with Crippen molar-refractivity contribution in [2.45, 2.75) is 61.6 Å². The van der Waals surface area contributed by atoms with Gasteiger partial charge >= 0.3 is 0 Å². The lowest BCUT2D eigenvalue weighted by atomic mass is 9.96. The second kappa shape index (κ2) is 9.32. The fourth-order valence-electron chi connectivity index (χ4n) is 3.00. The quantitative estimate of drug-likeness (QED) is 0.518. The number of thioether (sulfide) groups is 1. The Kier molecular flexibility index (Phi) is 6.84. The van der Waals surface area contributed by atoms with Crippen molar-refractivity contribution in [3.8, 4) is 0 Å². The number of hydrogen-bond acceptors (Lipinski definition) is 7. The molecule has 0 radical (unpaired) electrons. The highest BCUT2D eigenvalue weighted by molar-refractivity contribution is 8.02. The summed E-state index contributed by atoms with van der Waals surface area (Å²) in [5.74, 6) is -0.155. The fraction of sp³-hybridized carbons (Fsp3) is 0.474. The van der Waals surface area contributed by atoms with Crippen molar-refractivity contribution in [1.29, 1.82) is 0 Å². The Morgan fingerprint density at radius 3 is 2.74 bits per heavy atom. The van der Waals surface area contributed by atoms with Crippen molar-refractivity contribution in [1.82, 2.24) is 10.2 Å². The number of anilines is 2. The monoisotopic (exact) mass is 404 g/mol. The van der Waals surface area contributed by atoms with E-state index in [1.54, 1.807) is 24.3 Å². The zero-order chi connectivity index (χ0) is 19.2. The Balaban J connectivity index is 1.53. The summed E-state index contributed by atoms with van der Waals surface area (Å²) in [5.41, 5.74) is 1.20. The molecule has 1 fully saturated rings. The van der Waals surface area contributed by atoms with Gasteiger partial charge in [-0.3, -0.25) is 9.59 Å². The Hall–Kier alpha value is -1.93. The van der Waals surface area contributed by atoms with Gasteiger partial charge in [-0.2, -0.15) is 0 Å². The summed E-state index contributed by atoms with van der Waals surface area (Å²) in [7, 11) is 0. The first-order valence-corrected chi connectivity index (χ1v) is 10.9. The van der Waals surface area contributed by atoms with Crippen LogP contribution in [0.15, 0.2) is 28.6 Å². The minimum absolute atomic E-state index is 0.0274. The molecule has 1 atom stereocenters. The number of rotatable bonds is 7. The van der Waals surface area contributed by atoms with Crippen LogP contribution in [0.5, 0.6) is 0 Å². The molecule has 1 aromatic heterocycles. The van der Waals surface area contributed by atoms with Crippen LogP contribution < -0.4 is 10.6 Å². The maximum Gasteiger partial charge on any atom is 0.237 e. The molecule has 0 spiro atoms. The van der Waals surface area contributed by atoms with E-state index in [1.807, 2.05) is 6.92 Å². The zero-order valence-corrected chi connectivity index (χ0v) is 17.2. The van der Waals surface area contributed by atoms with Crippen LogP contribution in [0.25, 0.3) is 0 Å². The first kappa shape index (κ1) is 19.8. The van der Waals surface area contributed by atoms with Crippen molar-refractivity contribution in [2.24, 2.45) is 0 Å². The number of nitrogens with one attached hydrogen (secondary N) is 2. The molecule has 1 aliphatic rings. The standard InChI is InChI=1S/C19H24N4O2S2/c1-12(24)14-7-6-10-16(11-14)20-17(25)13(2)26-19-23-22-18(27-19)21-15-8-4-3-5-9-15/h6-7,10-11,13,15H,3-5,8-9H2,1-2H3,(H,20,25)(H,21,22). The Labute approximate surface area is 167 Å². The molecule has 0 bridgehead atoms. The maximum absolute atomic E-state index is 12.4. The molecule has 1 saturated carbocycles. The number of benzene rings is 1. The van der Waals surface area contributed by atoms with Crippen LogP contribution in [-0.2, 0) is 4.79 Å². The van der Waals surface area contributed by atoms with Crippen LogP contribution in [0.4, 0.5) is 10.8 Å². The third-order valence-electron chi connectivity index (χ3n) is 4.52. The Morgan fingerprint density at radius 1 is 1.22 bits per heavy atom. The summed E-state index contributed by atoms with van der Waals surface area (Å²) in [4.78, 5) is 23.9. The Morgan fingerprint density at radius 2 is 2.00 bits per heavy atom. The van der Waals surface area contributed by atoms with Gasteiger partial charge in [0, 0.05) is 17.3 Å². The van der Waals surface area contributed by atoms with E-state index in [0.717, 1.165) is 9.47 Å². The van der Waals surface area contributed by atoms with Gasteiger partial charge in [0.15, 0.2) is 10.1 Å². The second-order valence-electron chi connectivity index (χ2n) is 6.74. The van der Waals surface area contributed by atoms with Crippen molar-refractivity contribution in [2.75, 3.05) is 10.6 Å². The summed E-state index contributed by atoms with van der Waals surface area (Å²) in [6.45, 7) is 3.35. The van der Waals surface area contributed by atoms with Crippen molar-refractivity contribution >= 4 is 45.6 Å². The fourth-order valence-corrected chi connectivity index (χ4v) is 4.97. The van der Waals surface area contributed by atoms with E-state index in [9.17, 15) is 9.59 Å². The minimum atomic E-state index is -0.318. The van der Waals surface area contributed by atoms with Gasteiger partial charge < -0.3 is 10.6 Å². The van der Waals surface area contributed by atoms with E-state index in [-0.39, 0.29) is 16.9 Å². The van der Waals surface area contributed by atoms with E-state index in [1.165, 1.54) is 62.1 Å². The lowest BCUT2D eigenvalue weighted by molar-refractivity contribution is -0.115. The molecule has 27 heavy (non-hydrogen) atoms. The molecular weight excluding hydrogens is 380 g/mol. The number of aromatic nitrogens is 2. The largest absolute Gasteiger partial charge is 0.357 e. The summed E-state index contributed by atoms with van der Waals surface area (Å²) in [6.07, 6.45) is 6.21. The third kappa shape index (κ3) is 5.77. The topological polar surface area (TPSA) is 84.0 Å². The van der Waals surface area contributed by atoms with E-state index in [2.05, 4.69) is 20.8 Å². The molecule has 1 aliphatic carbocycles. The van der Waals surface area contributed by atoms with Gasteiger partial charge in [0.25, 0.3) is 0 Å². The first-order valence-electron chi connectivity index (χ1n) is 9.20. The molecule has 1 aromatic carbocycles. The second-order valence-corrected chi connectivity index (χ2v) is 9.30. The van der Waals surface area contributed by atoms with Gasteiger partial charge in [-0.1, -0.05) is 54.5 Å². The van der Waals surface area contributed by atoms with E-state index >= 15 is 0 Å². The molecule has 6 nitrogen and oxygen atoms in total. The van der Waals surface area contributed by atoms with Gasteiger partial charge in [-0.15, -0.1) is 10.2 Å². The average molecular weight is 405 g/mol. The molecule has 1 heterocycles. The lowest BCUT2D eigenvalue weighted by Gasteiger charge is -2.21. The molecule has 0 aliphatic heterocycles. The molecule has 0 saturated heterocycles. The molecule has 3 rings (SSSR count). The van der Waals surface area contributed by atoms with E-state index in [0.29, 0.717) is 17.3 Å². The predicted octanol–water partition coefficient (Wildman–Crippen LogP) is 4.60. The summed E-state index contributed by atoms with van der Waals surface area (Å²) >= 11 is 2.88. The minimum Gasteiger partial charge on any atom is -0.357 e. The molecule has 8 heteroatoms. The number of carbonyl (C=O) groups is 2. The molecule has 2 aromatic rings. The van der Waals surface area contributed by atoms with Gasteiger partial charge in [0.05, 0.1) is 5.25 Å². The number of carbonyl (C=O) groups excluding carboxylic acids is 2. The molecule has 2 N–H and O–H groups in total. The molecule has 1 unspecified atom stereocenters. The first-order chi connectivity index (χ1) is 13.0. The van der Waals surface area contributed by atoms with E-state index in [4.69, 9.17) is 0 Å².